The summed E-state index contributed by atoms with van der Waals surface area (Å²) in [6.45, 7) is 4.04. The van der Waals surface area contributed by atoms with Crippen LogP contribution in [0.3, 0.4) is 0 Å². The lowest BCUT2D eigenvalue weighted by atomic mass is 10.2. The van der Waals surface area contributed by atoms with Crippen LogP contribution in [0.5, 0.6) is 0 Å². The first-order valence-electron chi connectivity index (χ1n) is 4.70. The number of halogens is 1. The predicted molar refractivity (Wildman–Crippen MR) is 66.7 cm³/mol. The number of amides is 1. The Kier molecular flexibility index (Phi) is 3.11. The third-order valence-electron chi connectivity index (χ3n) is 2.53. The minimum atomic E-state index is 0.202. The second-order valence-electron chi connectivity index (χ2n) is 3.78. The zero-order valence-corrected chi connectivity index (χ0v) is 11.0. The summed E-state index contributed by atoms with van der Waals surface area (Å²) in [4.78, 5) is 13.9. The molecule has 1 aliphatic rings. The van der Waals surface area contributed by atoms with E-state index < -0.39 is 0 Å². The van der Waals surface area contributed by atoms with Crippen LogP contribution in [0.15, 0.2) is 11.4 Å². The van der Waals surface area contributed by atoms with E-state index >= 15 is 0 Å². The lowest BCUT2D eigenvalue weighted by Crippen LogP contribution is -2.27. The van der Waals surface area contributed by atoms with Crippen molar-refractivity contribution in [3.63, 3.8) is 0 Å². The molecule has 0 radical (unpaired) electrons. The summed E-state index contributed by atoms with van der Waals surface area (Å²) in [7, 11) is 0. The highest BCUT2D eigenvalue weighted by Gasteiger charge is 2.24. The summed E-state index contributed by atoms with van der Waals surface area (Å²) >= 11 is 3.88. The number of nitrogens with zero attached hydrogens (tertiary/aromatic N) is 1. The molecule has 1 fully saturated rings. The molecule has 1 aliphatic heterocycles. The third-order valence-corrected chi connectivity index (χ3v) is 4.31. The van der Waals surface area contributed by atoms with Crippen molar-refractivity contribution in [2.75, 3.05) is 13.1 Å². The summed E-state index contributed by atoms with van der Waals surface area (Å²) in [6, 6.07) is 1.97. The lowest BCUT2D eigenvalue weighted by molar-refractivity contribution is 0.0788. The molecule has 2 rings (SSSR count). The molecule has 0 spiro atoms. The van der Waals surface area contributed by atoms with E-state index in [0.29, 0.717) is 5.92 Å². The van der Waals surface area contributed by atoms with E-state index in [9.17, 15) is 4.79 Å². The van der Waals surface area contributed by atoms with Gasteiger partial charge in [0, 0.05) is 18.5 Å². The van der Waals surface area contributed by atoms with Crippen LogP contribution < -0.4 is 0 Å². The first-order valence-corrected chi connectivity index (χ1v) is 6.66. The third kappa shape index (κ3) is 2.11. The normalized spacial score (nSPS) is 21.6. The average Bonchev–Trinajstić information content (AvgIpc) is 2.73. The fraction of sp³-hybridized carbons (Fsp3) is 0.500. The van der Waals surface area contributed by atoms with Crippen LogP contribution in [0.1, 0.15) is 23.7 Å². The average molecular weight is 321 g/mol. The van der Waals surface area contributed by atoms with Crippen molar-refractivity contribution in [1.29, 1.82) is 0 Å². The van der Waals surface area contributed by atoms with Crippen molar-refractivity contribution < 1.29 is 4.79 Å². The van der Waals surface area contributed by atoms with Crippen molar-refractivity contribution >= 4 is 39.8 Å². The van der Waals surface area contributed by atoms with E-state index in [2.05, 4.69) is 29.5 Å². The van der Waals surface area contributed by atoms with Gasteiger partial charge in [-0.2, -0.15) is 0 Å². The van der Waals surface area contributed by atoms with Gasteiger partial charge in [-0.05, 0) is 41.0 Å². The Balaban J connectivity index is 2.09. The summed E-state index contributed by atoms with van der Waals surface area (Å²) in [5.41, 5.74) is 0.855. The molecule has 1 aromatic rings. The minimum Gasteiger partial charge on any atom is -0.338 e. The Labute approximate surface area is 101 Å². The highest BCUT2D eigenvalue weighted by Crippen LogP contribution is 2.21. The highest BCUT2D eigenvalue weighted by molar-refractivity contribution is 14.1. The molecular weight excluding hydrogens is 309 g/mol. The minimum absolute atomic E-state index is 0.202. The molecule has 76 valence electrons. The summed E-state index contributed by atoms with van der Waals surface area (Å²) in [6.07, 6.45) is 1.15. The fourth-order valence-electron chi connectivity index (χ4n) is 1.72. The van der Waals surface area contributed by atoms with Crippen LogP contribution in [0, 0.1) is 8.80 Å². The molecule has 4 heteroatoms. The standard InChI is InChI=1S/C10H12INOS/c1-7-2-3-12(5-7)10(13)8-4-9(11)14-6-8/h4,6-7H,2-3,5H2,1H3. The van der Waals surface area contributed by atoms with Crippen molar-refractivity contribution in [1.82, 2.24) is 4.90 Å². The topological polar surface area (TPSA) is 20.3 Å². The molecular formula is C10H12INOS. The lowest BCUT2D eigenvalue weighted by Gasteiger charge is -2.14. The summed E-state index contributed by atoms with van der Waals surface area (Å²) in [5, 5.41) is 1.95. The van der Waals surface area contributed by atoms with Gasteiger partial charge in [0.2, 0.25) is 0 Å². The van der Waals surface area contributed by atoms with E-state index in [4.69, 9.17) is 0 Å². The van der Waals surface area contributed by atoms with Gasteiger partial charge in [0.25, 0.3) is 5.91 Å². The quantitative estimate of drug-likeness (QED) is 0.729. The molecule has 0 aromatic carbocycles. The highest BCUT2D eigenvalue weighted by atomic mass is 127. The van der Waals surface area contributed by atoms with Crippen LogP contribution in [-0.2, 0) is 0 Å². The molecule has 1 amide bonds. The van der Waals surface area contributed by atoms with E-state index in [0.717, 1.165) is 25.1 Å². The fourth-order valence-corrected chi connectivity index (χ4v) is 3.04. The van der Waals surface area contributed by atoms with E-state index in [1.165, 1.54) is 2.88 Å². The number of carbonyl (C=O) groups excluding carboxylic acids is 1. The number of hydrogen-bond acceptors (Lipinski definition) is 2. The van der Waals surface area contributed by atoms with Crippen LogP contribution in [0.25, 0.3) is 0 Å². The van der Waals surface area contributed by atoms with Crippen molar-refractivity contribution in [2.45, 2.75) is 13.3 Å². The van der Waals surface area contributed by atoms with Crippen LogP contribution in [-0.4, -0.2) is 23.9 Å². The molecule has 1 aromatic heterocycles. The van der Waals surface area contributed by atoms with Gasteiger partial charge in [0.05, 0.1) is 8.45 Å². The second kappa shape index (κ2) is 4.18. The number of rotatable bonds is 1. The van der Waals surface area contributed by atoms with E-state index in [1.807, 2.05) is 16.3 Å². The molecule has 2 nitrogen and oxygen atoms in total. The molecule has 1 saturated heterocycles. The number of likely N-dealkylation sites (tertiary alicyclic amines) is 1. The zero-order chi connectivity index (χ0) is 10.1. The number of thiophene rings is 1. The van der Waals surface area contributed by atoms with Crippen molar-refractivity contribution in [3.05, 3.63) is 19.9 Å². The Morgan fingerprint density at radius 1 is 1.71 bits per heavy atom. The summed E-state index contributed by atoms with van der Waals surface area (Å²) in [5.74, 6) is 0.866. The Bertz CT molecular complexity index is 350. The van der Waals surface area contributed by atoms with Gasteiger partial charge in [-0.25, -0.2) is 0 Å². The van der Waals surface area contributed by atoms with Gasteiger partial charge < -0.3 is 4.90 Å². The SMILES string of the molecule is CC1CCN(C(=O)c2csc(I)c2)C1. The Hall–Kier alpha value is -0.100. The maximum Gasteiger partial charge on any atom is 0.254 e. The van der Waals surface area contributed by atoms with E-state index in [1.54, 1.807) is 11.3 Å². The molecule has 1 atom stereocenters. The van der Waals surface area contributed by atoms with Crippen molar-refractivity contribution in [3.8, 4) is 0 Å². The Morgan fingerprint density at radius 3 is 3.00 bits per heavy atom. The first-order chi connectivity index (χ1) is 6.66. The van der Waals surface area contributed by atoms with E-state index in [-0.39, 0.29) is 5.91 Å². The smallest absolute Gasteiger partial charge is 0.254 e. The molecule has 0 bridgehead atoms. The predicted octanol–water partition coefficient (Wildman–Crippen LogP) is 2.83. The monoisotopic (exact) mass is 321 g/mol. The van der Waals surface area contributed by atoms with Gasteiger partial charge in [-0.3, -0.25) is 4.79 Å². The largest absolute Gasteiger partial charge is 0.338 e. The van der Waals surface area contributed by atoms with Crippen LogP contribution >= 0.6 is 33.9 Å². The van der Waals surface area contributed by atoms with Gasteiger partial charge >= 0.3 is 0 Å². The zero-order valence-electron chi connectivity index (χ0n) is 8.00. The Morgan fingerprint density at radius 2 is 2.50 bits per heavy atom. The maximum atomic E-state index is 11.9. The maximum absolute atomic E-state index is 11.9. The number of carbonyl (C=O) groups is 1. The first kappa shape index (κ1) is 10.4. The molecule has 0 N–H and O–H groups in total. The second-order valence-corrected chi connectivity index (χ2v) is 6.59. The van der Waals surface area contributed by atoms with Gasteiger partial charge in [0.1, 0.15) is 0 Å². The molecule has 1 unspecified atom stereocenters. The molecule has 0 saturated carbocycles. The van der Waals surface area contributed by atoms with Crippen molar-refractivity contribution in [2.24, 2.45) is 5.92 Å². The molecule has 2 heterocycles. The van der Waals surface area contributed by atoms with Crippen LogP contribution in [0.4, 0.5) is 0 Å². The number of hydrogen-bond donors (Lipinski definition) is 0. The van der Waals surface area contributed by atoms with Gasteiger partial charge in [-0.1, -0.05) is 6.92 Å². The molecule has 14 heavy (non-hydrogen) atoms. The van der Waals surface area contributed by atoms with Gasteiger partial charge in [0.15, 0.2) is 0 Å². The van der Waals surface area contributed by atoms with Crippen LogP contribution in [0.2, 0.25) is 0 Å². The van der Waals surface area contributed by atoms with Gasteiger partial charge in [-0.15, -0.1) is 11.3 Å². The molecule has 0 aliphatic carbocycles. The summed E-state index contributed by atoms with van der Waals surface area (Å²) < 4.78 is 1.18.